The number of aromatic amines is 1. The van der Waals surface area contributed by atoms with Crippen molar-refractivity contribution in [1.29, 1.82) is 0 Å². The maximum atomic E-state index is 12.1. The van der Waals surface area contributed by atoms with Crippen molar-refractivity contribution >= 4 is 22.5 Å². The lowest BCUT2D eigenvalue weighted by Gasteiger charge is -2.11. The van der Waals surface area contributed by atoms with E-state index in [0.29, 0.717) is 17.5 Å². The SMILES string of the molecule is COC[C@@H](C)NC(=O)c1n[nH]c2ccc([N+](=O)[O-])cc12. The first-order valence-electron chi connectivity index (χ1n) is 5.95. The minimum Gasteiger partial charge on any atom is -0.383 e. The molecule has 1 heterocycles. The van der Waals surface area contributed by atoms with Crippen molar-refractivity contribution in [2.45, 2.75) is 13.0 Å². The highest BCUT2D eigenvalue weighted by Gasteiger charge is 2.18. The maximum Gasteiger partial charge on any atom is 0.272 e. The molecule has 0 spiro atoms. The van der Waals surface area contributed by atoms with Gasteiger partial charge in [-0.05, 0) is 13.0 Å². The summed E-state index contributed by atoms with van der Waals surface area (Å²) in [6, 6.07) is 4.03. The third-order valence-electron chi connectivity index (χ3n) is 2.77. The average molecular weight is 278 g/mol. The number of carbonyl (C=O) groups excluding carboxylic acids is 1. The molecule has 0 aliphatic heterocycles. The van der Waals surface area contributed by atoms with Gasteiger partial charge in [0.2, 0.25) is 0 Å². The van der Waals surface area contributed by atoms with E-state index in [-0.39, 0.29) is 17.4 Å². The van der Waals surface area contributed by atoms with Gasteiger partial charge < -0.3 is 10.1 Å². The molecule has 0 saturated heterocycles. The van der Waals surface area contributed by atoms with Crippen LogP contribution in [0.3, 0.4) is 0 Å². The van der Waals surface area contributed by atoms with Gasteiger partial charge in [-0.3, -0.25) is 20.0 Å². The van der Waals surface area contributed by atoms with E-state index in [4.69, 9.17) is 4.74 Å². The lowest BCUT2D eigenvalue weighted by molar-refractivity contribution is -0.384. The quantitative estimate of drug-likeness (QED) is 0.631. The first kappa shape index (κ1) is 13.9. The minimum atomic E-state index is -0.512. The summed E-state index contributed by atoms with van der Waals surface area (Å²) in [4.78, 5) is 22.3. The van der Waals surface area contributed by atoms with Crippen LogP contribution in [0.4, 0.5) is 5.69 Å². The van der Waals surface area contributed by atoms with Crippen LogP contribution in [0.15, 0.2) is 18.2 Å². The Morgan fingerprint density at radius 1 is 1.60 bits per heavy atom. The number of benzene rings is 1. The second-order valence-electron chi connectivity index (χ2n) is 4.39. The molecule has 1 aromatic carbocycles. The van der Waals surface area contributed by atoms with Gasteiger partial charge in [0.25, 0.3) is 11.6 Å². The Morgan fingerprint density at radius 2 is 2.35 bits per heavy atom. The largest absolute Gasteiger partial charge is 0.383 e. The third-order valence-corrected chi connectivity index (χ3v) is 2.77. The molecule has 0 radical (unpaired) electrons. The van der Waals surface area contributed by atoms with E-state index in [1.54, 1.807) is 6.92 Å². The summed E-state index contributed by atoms with van der Waals surface area (Å²) in [5, 5.41) is 20.5. The Kier molecular flexibility index (Phi) is 3.94. The van der Waals surface area contributed by atoms with Crippen LogP contribution >= 0.6 is 0 Å². The molecule has 8 heteroatoms. The summed E-state index contributed by atoms with van der Waals surface area (Å²) in [6.45, 7) is 2.16. The first-order chi connectivity index (χ1) is 9.52. The van der Waals surface area contributed by atoms with E-state index in [2.05, 4.69) is 15.5 Å². The second kappa shape index (κ2) is 5.66. The van der Waals surface area contributed by atoms with Crippen molar-refractivity contribution in [3.63, 3.8) is 0 Å². The zero-order valence-electron chi connectivity index (χ0n) is 11.0. The molecule has 0 aliphatic carbocycles. The smallest absolute Gasteiger partial charge is 0.272 e. The highest BCUT2D eigenvalue weighted by Crippen LogP contribution is 2.22. The van der Waals surface area contributed by atoms with Crippen LogP contribution in [0.1, 0.15) is 17.4 Å². The maximum absolute atomic E-state index is 12.1. The molecule has 1 atom stereocenters. The number of carbonyl (C=O) groups is 1. The second-order valence-corrected chi connectivity index (χ2v) is 4.39. The van der Waals surface area contributed by atoms with Gasteiger partial charge in [-0.2, -0.15) is 5.10 Å². The number of hydrogen-bond donors (Lipinski definition) is 2. The molecule has 2 N–H and O–H groups in total. The number of rotatable bonds is 5. The molecule has 0 bridgehead atoms. The van der Waals surface area contributed by atoms with Crippen LogP contribution in [0.2, 0.25) is 0 Å². The number of non-ortho nitro benzene ring substituents is 1. The standard InChI is InChI=1S/C12H14N4O4/c1-7(6-20-2)13-12(17)11-9-5-8(16(18)19)3-4-10(9)14-15-11/h3-5,7H,6H2,1-2H3,(H,13,17)(H,14,15)/t7-/m1/s1. The predicted octanol–water partition coefficient (Wildman–Crippen LogP) is 1.24. The molecule has 106 valence electrons. The average Bonchev–Trinajstić information content (AvgIpc) is 2.81. The molecule has 8 nitrogen and oxygen atoms in total. The lowest BCUT2D eigenvalue weighted by Crippen LogP contribution is -2.35. The molecule has 1 amide bonds. The summed E-state index contributed by atoms with van der Waals surface area (Å²) in [6.07, 6.45) is 0. The molecule has 2 rings (SSSR count). The zero-order valence-corrected chi connectivity index (χ0v) is 11.0. The predicted molar refractivity (Wildman–Crippen MR) is 71.6 cm³/mol. The summed E-state index contributed by atoms with van der Waals surface area (Å²) in [7, 11) is 1.54. The van der Waals surface area contributed by atoms with Crippen molar-refractivity contribution in [2.75, 3.05) is 13.7 Å². The van der Waals surface area contributed by atoms with Crippen molar-refractivity contribution < 1.29 is 14.5 Å². The van der Waals surface area contributed by atoms with E-state index in [1.165, 1.54) is 25.3 Å². The number of aromatic nitrogens is 2. The Hall–Kier alpha value is -2.48. The van der Waals surface area contributed by atoms with E-state index in [9.17, 15) is 14.9 Å². The Balaban J connectivity index is 2.32. The summed E-state index contributed by atoms with van der Waals surface area (Å²) in [5.41, 5.74) is 0.615. The molecule has 1 aromatic heterocycles. The molecule has 20 heavy (non-hydrogen) atoms. The topological polar surface area (TPSA) is 110 Å². The Labute approximate surface area is 114 Å². The van der Waals surface area contributed by atoms with Gasteiger partial charge in [0.1, 0.15) is 0 Å². The number of hydrogen-bond acceptors (Lipinski definition) is 5. The van der Waals surface area contributed by atoms with Gasteiger partial charge in [0.15, 0.2) is 5.69 Å². The van der Waals surface area contributed by atoms with Gasteiger partial charge in [-0.15, -0.1) is 0 Å². The molecular formula is C12H14N4O4. The Morgan fingerprint density at radius 3 is 3.00 bits per heavy atom. The monoisotopic (exact) mass is 278 g/mol. The van der Waals surface area contributed by atoms with E-state index < -0.39 is 10.8 Å². The number of amides is 1. The number of methoxy groups -OCH3 is 1. The highest BCUT2D eigenvalue weighted by atomic mass is 16.6. The van der Waals surface area contributed by atoms with Crippen LogP contribution < -0.4 is 5.32 Å². The van der Waals surface area contributed by atoms with Crippen LogP contribution in [0, 0.1) is 10.1 Å². The summed E-state index contributed by atoms with van der Waals surface area (Å²) >= 11 is 0. The van der Waals surface area contributed by atoms with E-state index in [0.717, 1.165) is 0 Å². The zero-order chi connectivity index (χ0) is 14.7. The molecular weight excluding hydrogens is 264 g/mol. The summed E-state index contributed by atoms with van der Waals surface area (Å²) in [5.74, 6) is -0.402. The number of ether oxygens (including phenoxy) is 1. The van der Waals surface area contributed by atoms with Crippen molar-refractivity contribution in [2.24, 2.45) is 0 Å². The number of H-pyrrole nitrogens is 1. The number of nitro groups is 1. The highest BCUT2D eigenvalue weighted by molar-refractivity contribution is 6.05. The number of fused-ring (bicyclic) bond motifs is 1. The van der Waals surface area contributed by atoms with Crippen molar-refractivity contribution in [3.05, 3.63) is 34.0 Å². The van der Waals surface area contributed by atoms with E-state index in [1.807, 2.05) is 0 Å². The fraction of sp³-hybridized carbons (Fsp3) is 0.333. The molecule has 0 aliphatic rings. The van der Waals surface area contributed by atoms with Gasteiger partial charge >= 0.3 is 0 Å². The van der Waals surface area contributed by atoms with Crippen LogP contribution in [-0.2, 0) is 4.74 Å². The molecule has 0 unspecified atom stereocenters. The minimum absolute atomic E-state index is 0.0853. The van der Waals surface area contributed by atoms with Gasteiger partial charge in [0.05, 0.1) is 17.0 Å². The van der Waals surface area contributed by atoms with Gasteiger partial charge in [-0.25, -0.2) is 0 Å². The first-order valence-corrected chi connectivity index (χ1v) is 5.95. The third kappa shape index (κ3) is 2.75. The van der Waals surface area contributed by atoms with Crippen molar-refractivity contribution in [3.8, 4) is 0 Å². The molecule has 2 aromatic rings. The lowest BCUT2D eigenvalue weighted by atomic mass is 10.2. The number of nitrogens with zero attached hydrogens (tertiary/aromatic N) is 2. The fourth-order valence-corrected chi connectivity index (χ4v) is 1.87. The molecule has 0 fully saturated rings. The van der Waals surface area contributed by atoms with Gasteiger partial charge in [0, 0.05) is 30.7 Å². The fourth-order valence-electron chi connectivity index (χ4n) is 1.87. The van der Waals surface area contributed by atoms with Crippen LogP contribution in [0.5, 0.6) is 0 Å². The van der Waals surface area contributed by atoms with Crippen LogP contribution in [0.25, 0.3) is 10.9 Å². The molecule has 0 saturated carbocycles. The number of nitro benzene ring substituents is 1. The number of nitrogens with one attached hydrogen (secondary N) is 2. The van der Waals surface area contributed by atoms with E-state index >= 15 is 0 Å². The van der Waals surface area contributed by atoms with Gasteiger partial charge in [-0.1, -0.05) is 0 Å². The summed E-state index contributed by atoms with van der Waals surface area (Å²) < 4.78 is 4.93. The van der Waals surface area contributed by atoms with Crippen molar-refractivity contribution in [1.82, 2.24) is 15.5 Å². The normalized spacial score (nSPS) is 12.3. The van der Waals surface area contributed by atoms with Crippen LogP contribution in [-0.4, -0.2) is 40.8 Å². The Bertz CT molecular complexity index is 652.